The summed E-state index contributed by atoms with van der Waals surface area (Å²) < 4.78 is 42.9. The Kier molecular flexibility index (Phi) is 3.31. The van der Waals surface area contributed by atoms with Crippen LogP contribution in [0.3, 0.4) is 0 Å². The van der Waals surface area contributed by atoms with E-state index in [0.29, 0.717) is 23.5 Å². The van der Waals surface area contributed by atoms with Gasteiger partial charge in [-0.1, -0.05) is 12.1 Å². The third kappa shape index (κ3) is 2.30. The number of rotatable bonds is 2. The number of methoxy groups -OCH3 is 1. The first-order valence-corrected chi connectivity index (χ1v) is 6.57. The molecule has 0 aromatic heterocycles. The van der Waals surface area contributed by atoms with Crippen LogP contribution in [0.15, 0.2) is 42.5 Å². The minimum Gasteiger partial charge on any atom is -0.496 e. The van der Waals surface area contributed by atoms with Crippen LogP contribution in [0.2, 0.25) is 0 Å². The second-order valence-corrected chi connectivity index (χ2v) is 4.93. The molecule has 0 fully saturated rings. The van der Waals surface area contributed by atoms with Crippen molar-refractivity contribution in [2.45, 2.75) is 12.7 Å². The molecule has 0 atom stereocenters. The number of anilines is 1. The molecule has 114 valence electrons. The van der Waals surface area contributed by atoms with Gasteiger partial charge in [-0.2, -0.15) is 13.2 Å². The van der Waals surface area contributed by atoms with Gasteiger partial charge in [-0.3, -0.25) is 4.79 Å². The Morgan fingerprint density at radius 3 is 2.36 bits per heavy atom. The van der Waals surface area contributed by atoms with E-state index in [-0.39, 0.29) is 5.91 Å². The Morgan fingerprint density at radius 2 is 1.77 bits per heavy atom. The molecule has 1 heterocycles. The highest BCUT2D eigenvalue weighted by atomic mass is 19.4. The normalized spacial score (nSPS) is 14.2. The second kappa shape index (κ2) is 5.05. The van der Waals surface area contributed by atoms with E-state index in [9.17, 15) is 18.0 Å². The predicted molar refractivity (Wildman–Crippen MR) is 75.0 cm³/mol. The lowest BCUT2D eigenvalue weighted by molar-refractivity contribution is -0.137. The smallest absolute Gasteiger partial charge is 0.416 e. The van der Waals surface area contributed by atoms with Gasteiger partial charge < -0.3 is 9.64 Å². The van der Waals surface area contributed by atoms with Crippen molar-refractivity contribution in [2.24, 2.45) is 0 Å². The summed E-state index contributed by atoms with van der Waals surface area (Å²) in [6, 6.07) is 9.83. The van der Waals surface area contributed by atoms with Crippen LogP contribution >= 0.6 is 0 Å². The average Bonchev–Trinajstić information content (AvgIpc) is 2.84. The van der Waals surface area contributed by atoms with Crippen molar-refractivity contribution in [1.82, 2.24) is 0 Å². The number of amides is 1. The molecule has 0 spiro atoms. The fraction of sp³-hybridized carbons (Fsp3) is 0.188. The zero-order chi connectivity index (χ0) is 15.9. The molecule has 2 aromatic carbocycles. The van der Waals surface area contributed by atoms with Gasteiger partial charge >= 0.3 is 6.18 Å². The summed E-state index contributed by atoms with van der Waals surface area (Å²) >= 11 is 0. The number of ether oxygens (including phenoxy) is 1. The third-order valence-electron chi connectivity index (χ3n) is 3.63. The summed E-state index contributed by atoms with van der Waals surface area (Å²) in [6.07, 6.45) is -4.39. The van der Waals surface area contributed by atoms with Crippen molar-refractivity contribution in [1.29, 1.82) is 0 Å². The van der Waals surface area contributed by atoms with E-state index in [0.717, 1.165) is 17.7 Å². The molecule has 1 amide bonds. The molecule has 3 rings (SSSR count). The van der Waals surface area contributed by atoms with E-state index in [4.69, 9.17) is 4.74 Å². The van der Waals surface area contributed by atoms with Crippen LogP contribution in [-0.4, -0.2) is 13.0 Å². The van der Waals surface area contributed by atoms with Gasteiger partial charge in [0.05, 0.1) is 24.8 Å². The van der Waals surface area contributed by atoms with Gasteiger partial charge in [-0.05, 0) is 35.9 Å². The summed E-state index contributed by atoms with van der Waals surface area (Å²) in [5.74, 6) is 0.198. The Morgan fingerprint density at radius 1 is 1.09 bits per heavy atom. The molecule has 1 aliphatic heterocycles. The fourth-order valence-corrected chi connectivity index (χ4v) is 2.54. The number of nitrogens with zero attached hydrogens (tertiary/aromatic N) is 1. The third-order valence-corrected chi connectivity index (χ3v) is 3.63. The van der Waals surface area contributed by atoms with Crippen LogP contribution in [0.1, 0.15) is 21.5 Å². The van der Waals surface area contributed by atoms with Crippen LogP contribution in [0.4, 0.5) is 18.9 Å². The molecule has 0 bridgehead atoms. The zero-order valence-corrected chi connectivity index (χ0v) is 11.6. The molecule has 0 saturated carbocycles. The minimum atomic E-state index is -4.39. The van der Waals surface area contributed by atoms with Gasteiger partial charge in [-0.25, -0.2) is 0 Å². The van der Waals surface area contributed by atoms with E-state index in [1.807, 2.05) is 0 Å². The summed E-state index contributed by atoms with van der Waals surface area (Å²) in [4.78, 5) is 13.9. The molecule has 0 saturated heterocycles. The molecule has 0 unspecified atom stereocenters. The number of alkyl halides is 3. The fourth-order valence-electron chi connectivity index (χ4n) is 2.54. The Bertz CT molecular complexity index is 723. The summed E-state index contributed by atoms with van der Waals surface area (Å²) in [7, 11) is 1.48. The minimum absolute atomic E-state index is 0.271. The van der Waals surface area contributed by atoms with Gasteiger partial charge in [-0.15, -0.1) is 0 Å². The quantitative estimate of drug-likeness (QED) is 0.843. The Labute approximate surface area is 124 Å². The number of carbonyl (C=O) groups excluding carboxylic acids is 1. The van der Waals surface area contributed by atoms with Crippen molar-refractivity contribution in [3.8, 4) is 5.75 Å². The molecule has 22 heavy (non-hydrogen) atoms. The van der Waals surface area contributed by atoms with Gasteiger partial charge in [0.1, 0.15) is 5.75 Å². The second-order valence-electron chi connectivity index (χ2n) is 4.93. The van der Waals surface area contributed by atoms with Gasteiger partial charge in [0.2, 0.25) is 0 Å². The number of fused-ring (bicyclic) bond motifs is 1. The topological polar surface area (TPSA) is 29.5 Å². The highest BCUT2D eigenvalue weighted by Gasteiger charge is 2.33. The van der Waals surface area contributed by atoms with Crippen molar-refractivity contribution in [3.63, 3.8) is 0 Å². The number of hydrogen-bond acceptors (Lipinski definition) is 2. The molecular formula is C16H12F3NO2. The Hall–Kier alpha value is -2.50. The van der Waals surface area contributed by atoms with Crippen molar-refractivity contribution in [2.75, 3.05) is 12.0 Å². The van der Waals surface area contributed by atoms with Crippen LogP contribution in [-0.2, 0) is 12.7 Å². The van der Waals surface area contributed by atoms with Crippen LogP contribution in [0.25, 0.3) is 0 Å². The first-order valence-electron chi connectivity index (χ1n) is 6.57. The average molecular weight is 307 g/mol. The van der Waals surface area contributed by atoms with Crippen LogP contribution in [0.5, 0.6) is 5.75 Å². The number of hydrogen-bond donors (Lipinski definition) is 0. The molecule has 0 N–H and O–H groups in total. The molecule has 0 radical (unpaired) electrons. The molecule has 1 aliphatic rings. The van der Waals surface area contributed by atoms with E-state index in [2.05, 4.69) is 0 Å². The van der Waals surface area contributed by atoms with Gasteiger partial charge in [0.15, 0.2) is 0 Å². The number of halogens is 3. The van der Waals surface area contributed by atoms with E-state index >= 15 is 0 Å². The maximum atomic E-state index is 12.6. The largest absolute Gasteiger partial charge is 0.496 e. The monoisotopic (exact) mass is 307 g/mol. The first kappa shape index (κ1) is 14.4. The molecule has 2 aromatic rings. The van der Waals surface area contributed by atoms with Crippen molar-refractivity contribution in [3.05, 3.63) is 59.2 Å². The standard InChI is InChI=1S/C16H12F3NO2/c1-22-13-4-2-3-10-9-20(15(21)14(10)13)12-7-5-11(6-8-12)16(17,18)19/h2-8H,9H2,1H3. The SMILES string of the molecule is COc1cccc2c1C(=O)N(c1ccc(C(F)(F)F)cc1)C2. The highest BCUT2D eigenvalue weighted by molar-refractivity contribution is 6.11. The van der Waals surface area contributed by atoms with Crippen LogP contribution < -0.4 is 9.64 Å². The molecule has 0 aliphatic carbocycles. The first-order chi connectivity index (χ1) is 10.4. The van der Waals surface area contributed by atoms with E-state index in [1.165, 1.54) is 24.1 Å². The molecule has 3 nitrogen and oxygen atoms in total. The highest BCUT2D eigenvalue weighted by Crippen LogP contribution is 2.35. The lowest BCUT2D eigenvalue weighted by Gasteiger charge is -2.16. The Balaban J connectivity index is 1.94. The van der Waals surface area contributed by atoms with Crippen molar-refractivity contribution >= 4 is 11.6 Å². The number of benzene rings is 2. The van der Waals surface area contributed by atoms with Gasteiger partial charge in [0.25, 0.3) is 5.91 Å². The van der Waals surface area contributed by atoms with Gasteiger partial charge in [0, 0.05) is 5.69 Å². The number of carbonyl (C=O) groups is 1. The van der Waals surface area contributed by atoms with Crippen molar-refractivity contribution < 1.29 is 22.7 Å². The zero-order valence-electron chi connectivity index (χ0n) is 11.6. The summed E-state index contributed by atoms with van der Waals surface area (Å²) in [6.45, 7) is 0.316. The molecular weight excluding hydrogens is 295 g/mol. The predicted octanol–water partition coefficient (Wildman–Crippen LogP) is 3.87. The lowest BCUT2D eigenvalue weighted by atomic mass is 10.1. The summed E-state index contributed by atoms with van der Waals surface area (Å²) in [5, 5.41) is 0. The lowest BCUT2D eigenvalue weighted by Crippen LogP contribution is -2.23. The van der Waals surface area contributed by atoms with E-state index < -0.39 is 11.7 Å². The van der Waals surface area contributed by atoms with Crippen LogP contribution in [0, 0.1) is 0 Å². The maximum Gasteiger partial charge on any atom is 0.416 e. The molecule has 6 heteroatoms. The maximum absolute atomic E-state index is 12.6. The summed E-state index contributed by atoms with van der Waals surface area (Å²) in [5.41, 5.74) is 0.948. The van der Waals surface area contributed by atoms with E-state index in [1.54, 1.807) is 18.2 Å².